The molecule has 0 spiro atoms. The smallest absolute Gasteiger partial charge is 0.255 e. The van der Waals surface area contributed by atoms with Crippen molar-refractivity contribution >= 4 is 56.9 Å². The first-order valence-electron chi connectivity index (χ1n) is 21.5. The van der Waals surface area contributed by atoms with Gasteiger partial charge in [0.05, 0.1) is 40.1 Å². The number of halogens is 7. The van der Waals surface area contributed by atoms with E-state index in [2.05, 4.69) is 35.1 Å². The lowest BCUT2D eigenvalue weighted by atomic mass is 10.2. The Balaban J connectivity index is 0.000000172. The highest BCUT2D eigenvalue weighted by Crippen LogP contribution is 2.35. The second kappa shape index (κ2) is 19.9. The average molecular weight is 947 g/mol. The molecule has 2 aromatic heterocycles. The molecule has 0 radical (unpaired) electrons. The number of amides is 2. The fourth-order valence-electron chi connectivity index (χ4n) is 7.67. The number of fused-ring (bicyclic) bond motifs is 2. The summed E-state index contributed by atoms with van der Waals surface area (Å²) in [6, 6.07) is 21.3. The van der Waals surface area contributed by atoms with Gasteiger partial charge in [-0.1, -0.05) is 12.1 Å². The first-order valence-corrected chi connectivity index (χ1v) is 21.5. The van der Waals surface area contributed by atoms with E-state index in [4.69, 9.17) is 9.47 Å². The van der Waals surface area contributed by atoms with Gasteiger partial charge in [-0.05, 0) is 86.3 Å². The van der Waals surface area contributed by atoms with E-state index in [1.807, 2.05) is 5.32 Å². The zero-order valence-electron chi connectivity index (χ0n) is 36.1. The topological polar surface area (TPSA) is 135 Å². The molecule has 69 heavy (non-hydrogen) atoms. The minimum atomic E-state index is -1.63. The number of carbonyl (C=O) groups is 2. The average Bonchev–Trinajstić information content (AvgIpc) is 4.10. The lowest BCUT2D eigenvalue weighted by Gasteiger charge is -2.16. The number of nitrogens with one attached hydrogen (secondary N) is 2. The van der Waals surface area contributed by atoms with Crippen molar-refractivity contribution in [2.24, 2.45) is 0 Å². The van der Waals surface area contributed by atoms with Crippen molar-refractivity contribution in [3.63, 3.8) is 0 Å². The normalized spacial score (nSPS) is 13.3. The number of nitrogens with zero attached hydrogens (tertiary/aromatic N) is 6. The number of carbonyl (C=O) groups excluding carboxylic acids is 2. The Hall–Kier alpha value is -8.35. The van der Waals surface area contributed by atoms with Gasteiger partial charge in [-0.25, -0.2) is 36.3 Å². The van der Waals surface area contributed by atoms with Crippen molar-refractivity contribution in [2.45, 2.75) is 25.7 Å². The predicted molar refractivity (Wildman–Crippen MR) is 243 cm³/mol. The van der Waals surface area contributed by atoms with Gasteiger partial charge in [0.2, 0.25) is 11.6 Å². The van der Waals surface area contributed by atoms with Crippen molar-refractivity contribution in [3.8, 4) is 23.0 Å². The standard InChI is InChI=1S/C25H18F4N4O2.C25H19F3N4O2/c26-15-5-3-4-14(10-15)25(34)32-20-12-17(27)24(23(29)22(20)28)35-16-6-7-18-19(11-16)31-21(13-30-18)33-8-1-2-9-33;26-16-5-3-4-15(10-16)25(33)30-17-11-19(27)24(20(28)12-17)34-18-6-7-21-22(13-18)31-23(14-29-21)32-8-1-2-9-32/h3-7,10-13H,1-2,8-9H2,(H,32,34);3-7,10-14H,1-2,8-9H2,(H,30,33). The first-order chi connectivity index (χ1) is 33.3. The van der Waals surface area contributed by atoms with Crippen molar-refractivity contribution < 1.29 is 49.8 Å². The third-order valence-electron chi connectivity index (χ3n) is 11.1. The summed E-state index contributed by atoms with van der Waals surface area (Å²) in [5.74, 6) is -9.27. The first kappa shape index (κ1) is 45.8. The summed E-state index contributed by atoms with van der Waals surface area (Å²) in [6.07, 6.45) is 7.70. The van der Waals surface area contributed by atoms with Gasteiger partial charge in [0, 0.05) is 73.3 Å². The van der Waals surface area contributed by atoms with Gasteiger partial charge in [0.15, 0.2) is 29.0 Å². The molecule has 0 aliphatic carbocycles. The van der Waals surface area contributed by atoms with Crippen molar-refractivity contribution in [1.82, 2.24) is 19.9 Å². The van der Waals surface area contributed by atoms with Gasteiger partial charge in [0.1, 0.15) is 34.8 Å². The van der Waals surface area contributed by atoms with Gasteiger partial charge in [0.25, 0.3) is 11.8 Å². The van der Waals surface area contributed by atoms with Crippen LogP contribution < -0.4 is 29.9 Å². The van der Waals surface area contributed by atoms with Gasteiger partial charge < -0.3 is 29.9 Å². The van der Waals surface area contributed by atoms with E-state index in [1.54, 1.807) is 36.7 Å². The molecule has 19 heteroatoms. The Labute approximate surface area is 388 Å². The van der Waals surface area contributed by atoms with Crippen LogP contribution in [-0.4, -0.2) is 57.9 Å². The van der Waals surface area contributed by atoms with Crippen LogP contribution in [0.4, 0.5) is 53.7 Å². The maximum absolute atomic E-state index is 14.7. The largest absolute Gasteiger partial charge is 0.451 e. The van der Waals surface area contributed by atoms with Crippen molar-refractivity contribution in [2.75, 3.05) is 46.6 Å². The van der Waals surface area contributed by atoms with Gasteiger partial charge in [-0.15, -0.1) is 0 Å². The Bertz CT molecular complexity index is 3240. The molecule has 0 unspecified atom stereocenters. The van der Waals surface area contributed by atoms with Crippen LogP contribution in [0.2, 0.25) is 0 Å². The number of aromatic nitrogens is 4. The zero-order valence-corrected chi connectivity index (χ0v) is 36.1. The molecule has 350 valence electrons. The molecule has 0 saturated carbocycles. The van der Waals surface area contributed by atoms with E-state index in [-0.39, 0.29) is 28.3 Å². The van der Waals surface area contributed by atoms with E-state index < -0.39 is 69.7 Å². The monoisotopic (exact) mass is 946 g/mol. The second-order valence-electron chi connectivity index (χ2n) is 15.9. The summed E-state index contributed by atoms with van der Waals surface area (Å²) in [5, 5.41) is 4.40. The van der Waals surface area contributed by atoms with Crippen molar-refractivity contribution in [1.29, 1.82) is 0 Å². The number of hydrogen-bond acceptors (Lipinski definition) is 10. The fourth-order valence-corrected chi connectivity index (χ4v) is 7.67. The van der Waals surface area contributed by atoms with Crippen LogP contribution in [0.3, 0.4) is 0 Å². The molecule has 2 amide bonds. The molecule has 12 nitrogen and oxygen atoms in total. The maximum Gasteiger partial charge on any atom is 0.255 e. The minimum absolute atomic E-state index is 0.0201. The van der Waals surface area contributed by atoms with Crippen LogP contribution in [-0.2, 0) is 0 Å². The third kappa shape index (κ3) is 10.5. The maximum atomic E-state index is 14.7. The van der Waals surface area contributed by atoms with E-state index in [0.717, 1.165) is 88.0 Å². The van der Waals surface area contributed by atoms with Crippen LogP contribution in [0.5, 0.6) is 23.0 Å². The van der Waals surface area contributed by atoms with Crippen LogP contribution >= 0.6 is 0 Å². The van der Waals surface area contributed by atoms with Crippen molar-refractivity contribution in [3.05, 3.63) is 167 Å². The number of anilines is 4. The highest BCUT2D eigenvalue weighted by molar-refractivity contribution is 6.05. The summed E-state index contributed by atoms with van der Waals surface area (Å²) >= 11 is 0. The zero-order chi connectivity index (χ0) is 48.2. The lowest BCUT2D eigenvalue weighted by Crippen LogP contribution is -2.19. The molecule has 2 aliphatic heterocycles. The number of hydrogen-bond donors (Lipinski definition) is 2. The van der Waals surface area contributed by atoms with Crippen LogP contribution in [0.1, 0.15) is 46.4 Å². The van der Waals surface area contributed by atoms with E-state index in [0.29, 0.717) is 34.0 Å². The molecule has 2 N–H and O–H groups in total. The Morgan fingerprint density at radius 1 is 0.493 bits per heavy atom. The Morgan fingerprint density at radius 3 is 1.45 bits per heavy atom. The fraction of sp³-hybridized carbons (Fsp3) is 0.160. The molecule has 0 bridgehead atoms. The molecule has 4 heterocycles. The third-order valence-corrected chi connectivity index (χ3v) is 11.1. The summed E-state index contributed by atoms with van der Waals surface area (Å²) in [5.41, 5.74) is 1.18. The lowest BCUT2D eigenvalue weighted by molar-refractivity contribution is 0.101. The summed E-state index contributed by atoms with van der Waals surface area (Å²) in [7, 11) is 0. The molecular formula is C50H37F7N8O4. The predicted octanol–water partition coefficient (Wildman–Crippen LogP) is 11.5. The summed E-state index contributed by atoms with van der Waals surface area (Å²) in [4.78, 5) is 46.6. The molecule has 2 saturated heterocycles. The van der Waals surface area contributed by atoms with E-state index in [9.17, 15) is 40.3 Å². The van der Waals surface area contributed by atoms with E-state index in [1.165, 1.54) is 42.5 Å². The Kier molecular flexibility index (Phi) is 13.2. The molecule has 2 aliphatic rings. The molecule has 0 atom stereocenters. The molecule has 10 rings (SSSR count). The molecular weight excluding hydrogens is 910 g/mol. The van der Waals surface area contributed by atoms with Crippen LogP contribution in [0.15, 0.2) is 116 Å². The van der Waals surface area contributed by atoms with E-state index >= 15 is 0 Å². The molecule has 8 aromatic rings. The number of ether oxygens (including phenoxy) is 2. The quantitative estimate of drug-likeness (QED) is 0.101. The molecule has 2 fully saturated rings. The SMILES string of the molecule is O=C(Nc1cc(F)c(Oc2ccc3ncc(N4CCCC4)nc3c2)c(F)c1)c1cccc(F)c1.O=C(Nc1cc(F)c(Oc2ccc3ncc(N4CCCC4)nc3c2)c(F)c1F)c1cccc(F)c1. The summed E-state index contributed by atoms with van der Waals surface area (Å²) < 4.78 is 111. The number of benzene rings is 6. The van der Waals surface area contributed by atoms with Gasteiger partial charge >= 0.3 is 0 Å². The van der Waals surface area contributed by atoms with Gasteiger partial charge in [-0.2, -0.15) is 4.39 Å². The highest BCUT2D eigenvalue weighted by atomic mass is 19.2. The minimum Gasteiger partial charge on any atom is -0.451 e. The summed E-state index contributed by atoms with van der Waals surface area (Å²) in [6.45, 7) is 3.56. The Morgan fingerprint density at radius 2 is 0.957 bits per heavy atom. The van der Waals surface area contributed by atoms with Crippen LogP contribution in [0.25, 0.3) is 22.1 Å². The van der Waals surface area contributed by atoms with Crippen LogP contribution in [0, 0.1) is 40.7 Å². The second-order valence-corrected chi connectivity index (χ2v) is 15.9. The highest BCUT2D eigenvalue weighted by Gasteiger charge is 2.24. The van der Waals surface area contributed by atoms with Gasteiger partial charge in [-0.3, -0.25) is 19.6 Å². The number of rotatable bonds is 10. The molecule has 6 aromatic carbocycles.